The zero-order chi connectivity index (χ0) is 11.3. The number of H-pyrrole nitrogens is 1. The predicted octanol–water partition coefficient (Wildman–Crippen LogP) is -0.577. The number of nitrogens with one attached hydrogen (secondary N) is 2. The molecule has 0 radical (unpaired) electrons. The van der Waals surface area contributed by atoms with Crippen LogP contribution in [-0.2, 0) is 10.0 Å². The standard InChI is InChI=1S/C8H13N3O3S/c9-15(13,14)6-2-5-11-8(12)7-3-1-4-10-7/h1,3-4,10H,2,5-6H2,(H,11,12)(H2,9,13,14). The molecule has 0 saturated carbocycles. The molecule has 0 spiro atoms. The van der Waals surface area contributed by atoms with E-state index in [1.165, 1.54) is 0 Å². The first-order valence-electron chi connectivity index (χ1n) is 4.41. The van der Waals surface area contributed by atoms with Crippen LogP contribution in [0.3, 0.4) is 0 Å². The summed E-state index contributed by atoms with van der Waals surface area (Å²) in [7, 11) is -3.43. The van der Waals surface area contributed by atoms with Crippen molar-refractivity contribution in [1.29, 1.82) is 0 Å². The molecule has 1 rings (SSSR count). The van der Waals surface area contributed by atoms with Crippen molar-refractivity contribution >= 4 is 15.9 Å². The van der Waals surface area contributed by atoms with Crippen LogP contribution in [0, 0.1) is 0 Å². The van der Waals surface area contributed by atoms with Crippen LogP contribution in [0.5, 0.6) is 0 Å². The minimum Gasteiger partial charge on any atom is -0.357 e. The summed E-state index contributed by atoms with van der Waals surface area (Å²) in [6, 6.07) is 3.34. The fourth-order valence-electron chi connectivity index (χ4n) is 1.04. The average Bonchev–Trinajstić information content (AvgIpc) is 2.63. The zero-order valence-electron chi connectivity index (χ0n) is 8.06. The zero-order valence-corrected chi connectivity index (χ0v) is 8.88. The third-order valence-electron chi connectivity index (χ3n) is 1.73. The molecule has 15 heavy (non-hydrogen) atoms. The van der Waals surface area contributed by atoms with E-state index in [1.807, 2.05) is 0 Å². The Balaban J connectivity index is 2.24. The highest BCUT2D eigenvalue weighted by Gasteiger charge is 2.06. The Bertz CT molecular complexity index is 410. The maximum atomic E-state index is 11.3. The molecule has 0 aliphatic heterocycles. The largest absolute Gasteiger partial charge is 0.357 e. The maximum absolute atomic E-state index is 11.3. The molecule has 7 heteroatoms. The second kappa shape index (κ2) is 4.94. The van der Waals surface area contributed by atoms with E-state index in [9.17, 15) is 13.2 Å². The van der Waals surface area contributed by atoms with Crippen LogP contribution in [0.15, 0.2) is 18.3 Å². The predicted molar refractivity (Wildman–Crippen MR) is 55.7 cm³/mol. The summed E-state index contributed by atoms with van der Waals surface area (Å²) in [6.07, 6.45) is 1.95. The van der Waals surface area contributed by atoms with Crippen molar-refractivity contribution in [2.45, 2.75) is 6.42 Å². The Morgan fingerprint density at radius 1 is 1.53 bits per heavy atom. The number of hydrogen-bond acceptors (Lipinski definition) is 3. The van der Waals surface area contributed by atoms with Gasteiger partial charge in [-0.2, -0.15) is 0 Å². The summed E-state index contributed by atoms with van der Waals surface area (Å²) in [5.41, 5.74) is 0.450. The van der Waals surface area contributed by atoms with Crippen molar-refractivity contribution in [3.8, 4) is 0 Å². The minimum absolute atomic E-state index is 0.127. The van der Waals surface area contributed by atoms with E-state index < -0.39 is 10.0 Å². The highest BCUT2D eigenvalue weighted by atomic mass is 32.2. The summed E-state index contributed by atoms with van der Waals surface area (Å²) in [6.45, 7) is 0.286. The first-order chi connectivity index (χ1) is 6.99. The van der Waals surface area contributed by atoms with Crippen molar-refractivity contribution < 1.29 is 13.2 Å². The van der Waals surface area contributed by atoms with Crippen molar-refractivity contribution in [3.63, 3.8) is 0 Å². The van der Waals surface area contributed by atoms with Crippen molar-refractivity contribution in [1.82, 2.24) is 10.3 Å². The molecule has 0 saturated heterocycles. The van der Waals surface area contributed by atoms with E-state index >= 15 is 0 Å². The molecular weight excluding hydrogens is 218 g/mol. The molecule has 4 N–H and O–H groups in total. The van der Waals surface area contributed by atoms with Gasteiger partial charge in [0.2, 0.25) is 10.0 Å². The van der Waals surface area contributed by atoms with Gasteiger partial charge in [-0.05, 0) is 18.6 Å². The van der Waals surface area contributed by atoms with Crippen LogP contribution in [0.25, 0.3) is 0 Å². The number of hydrogen-bond donors (Lipinski definition) is 3. The third-order valence-corrected chi connectivity index (χ3v) is 2.59. The number of amides is 1. The molecule has 0 aliphatic rings. The molecule has 0 fully saturated rings. The monoisotopic (exact) mass is 231 g/mol. The summed E-state index contributed by atoms with van der Waals surface area (Å²) in [5.74, 6) is -0.382. The van der Waals surface area contributed by atoms with Gasteiger partial charge in [0.25, 0.3) is 5.91 Å². The Morgan fingerprint density at radius 3 is 2.80 bits per heavy atom. The van der Waals surface area contributed by atoms with E-state index in [1.54, 1.807) is 18.3 Å². The van der Waals surface area contributed by atoms with Crippen molar-refractivity contribution in [2.75, 3.05) is 12.3 Å². The normalized spacial score (nSPS) is 11.3. The van der Waals surface area contributed by atoms with Crippen molar-refractivity contribution in [3.05, 3.63) is 24.0 Å². The number of aromatic nitrogens is 1. The quantitative estimate of drug-likeness (QED) is 0.590. The Kier molecular flexibility index (Phi) is 3.87. The molecule has 0 aromatic carbocycles. The molecule has 0 atom stereocenters. The minimum atomic E-state index is -3.43. The van der Waals surface area contributed by atoms with E-state index in [2.05, 4.69) is 10.3 Å². The molecule has 0 bridgehead atoms. The summed E-state index contributed by atoms with van der Waals surface area (Å²) < 4.78 is 21.1. The lowest BCUT2D eigenvalue weighted by atomic mass is 10.4. The van der Waals surface area contributed by atoms with Gasteiger partial charge in [0.1, 0.15) is 5.69 Å². The molecule has 1 heterocycles. The SMILES string of the molecule is NS(=O)(=O)CCCNC(=O)c1ccc[nH]1. The molecule has 1 amide bonds. The maximum Gasteiger partial charge on any atom is 0.267 e. The average molecular weight is 231 g/mol. The first kappa shape index (κ1) is 11.7. The number of carbonyl (C=O) groups excluding carboxylic acids is 1. The second-order valence-corrected chi connectivity index (χ2v) is 4.79. The molecule has 0 unspecified atom stereocenters. The number of carbonyl (C=O) groups is 1. The number of nitrogens with two attached hydrogens (primary N) is 1. The smallest absolute Gasteiger partial charge is 0.267 e. The fraction of sp³-hybridized carbons (Fsp3) is 0.375. The van der Waals surface area contributed by atoms with Crippen molar-refractivity contribution in [2.24, 2.45) is 5.14 Å². The topological polar surface area (TPSA) is 105 Å². The molecular formula is C8H13N3O3S. The lowest BCUT2D eigenvalue weighted by molar-refractivity contribution is 0.0949. The third kappa shape index (κ3) is 4.61. The summed E-state index contributed by atoms with van der Waals surface area (Å²) >= 11 is 0. The Labute approximate surface area is 87.9 Å². The Morgan fingerprint density at radius 2 is 2.27 bits per heavy atom. The molecule has 84 valence electrons. The number of primary sulfonamides is 1. The van der Waals surface area contributed by atoms with Crippen LogP contribution in [-0.4, -0.2) is 31.6 Å². The van der Waals surface area contributed by atoms with Gasteiger partial charge in [0.15, 0.2) is 0 Å². The second-order valence-electron chi connectivity index (χ2n) is 3.06. The highest BCUT2D eigenvalue weighted by Crippen LogP contribution is 1.93. The number of aromatic amines is 1. The summed E-state index contributed by atoms with van der Waals surface area (Å²) in [4.78, 5) is 14.0. The van der Waals surface area contributed by atoms with Gasteiger partial charge in [0, 0.05) is 12.7 Å². The number of sulfonamides is 1. The van der Waals surface area contributed by atoms with Crippen LogP contribution in [0.2, 0.25) is 0 Å². The van der Waals surface area contributed by atoms with E-state index in [-0.39, 0.29) is 18.2 Å². The van der Waals surface area contributed by atoms with Gasteiger partial charge in [-0.25, -0.2) is 13.6 Å². The van der Waals surface area contributed by atoms with Crippen LogP contribution >= 0.6 is 0 Å². The van der Waals surface area contributed by atoms with E-state index in [4.69, 9.17) is 5.14 Å². The fourth-order valence-corrected chi connectivity index (χ4v) is 1.59. The summed E-state index contributed by atoms with van der Waals surface area (Å²) in [5, 5.41) is 7.37. The van der Waals surface area contributed by atoms with Crippen LogP contribution < -0.4 is 10.5 Å². The van der Waals surface area contributed by atoms with Crippen LogP contribution in [0.1, 0.15) is 16.9 Å². The van der Waals surface area contributed by atoms with Gasteiger partial charge in [0.05, 0.1) is 5.75 Å². The molecule has 1 aromatic heterocycles. The van der Waals surface area contributed by atoms with E-state index in [0.29, 0.717) is 12.1 Å². The van der Waals surface area contributed by atoms with Gasteiger partial charge in [-0.1, -0.05) is 0 Å². The highest BCUT2D eigenvalue weighted by molar-refractivity contribution is 7.89. The first-order valence-corrected chi connectivity index (χ1v) is 6.12. The lowest BCUT2D eigenvalue weighted by Crippen LogP contribution is -2.27. The number of rotatable bonds is 5. The molecule has 0 aliphatic carbocycles. The molecule has 6 nitrogen and oxygen atoms in total. The van der Waals surface area contributed by atoms with Gasteiger partial charge >= 0.3 is 0 Å². The Hall–Kier alpha value is -1.34. The van der Waals surface area contributed by atoms with Gasteiger partial charge < -0.3 is 10.3 Å². The molecule has 1 aromatic rings. The van der Waals surface area contributed by atoms with E-state index in [0.717, 1.165) is 0 Å². The lowest BCUT2D eigenvalue weighted by Gasteiger charge is -2.02. The van der Waals surface area contributed by atoms with Gasteiger partial charge in [-0.3, -0.25) is 4.79 Å². The van der Waals surface area contributed by atoms with Gasteiger partial charge in [-0.15, -0.1) is 0 Å². The van der Waals surface area contributed by atoms with Crippen LogP contribution in [0.4, 0.5) is 0 Å².